The average Bonchev–Trinajstić information content (AvgIpc) is 3.23. The largest absolute Gasteiger partial charge is 0.497 e. The summed E-state index contributed by atoms with van der Waals surface area (Å²) in [6, 6.07) is 8.68. The normalized spacial score (nSPS) is 18.1. The quantitative estimate of drug-likeness (QED) is 0.781. The second kappa shape index (κ2) is 6.40. The Morgan fingerprint density at radius 3 is 2.42 bits per heavy atom. The van der Waals surface area contributed by atoms with Crippen LogP contribution in [0.3, 0.4) is 0 Å². The van der Waals surface area contributed by atoms with Crippen molar-refractivity contribution in [2.24, 2.45) is 5.41 Å². The molecule has 1 aromatic carbocycles. The summed E-state index contributed by atoms with van der Waals surface area (Å²) in [6.07, 6.45) is 3.84. The highest BCUT2D eigenvalue weighted by molar-refractivity contribution is 5.28. The molecule has 0 aliphatic heterocycles. The SMILES string of the molecule is COCCC1(CNC(C)c2ccc(OC)cc2)CC1. The summed E-state index contributed by atoms with van der Waals surface area (Å²) < 4.78 is 10.4. The number of hydrogen-bond donors (Lipinski definition) is 1. The highest BCUT2D eigenvalue weighted by Gasteiger charge is 2.41. The van der Waals surface area contributed by atoms with Gasteiger partial charge < -0.3 is 14.8 Å². The molecule has 106 valence electrons. The second-order valence-electron chi connectivity index (χ2n) is 5.62. The monoisotopic (exact) mass is 263 g/mol. The Kier molecular flexibility index (Phi) is 4.83. The molecule has 19 heavy (non-hydrogen) atoms. The van der Waals surface area contributed by atoms with E-state index in [1.165, 1.54) is 24.8 Å². The Hall–Kier alpha value is -1.06. The number of rotatable bonds is 8. The molecule has 0 bridgehead atoms. The average molecular weight is 263 g/mol. The van der Waals surface area contributed by atoms with E-state index in [0.29, 0.717) is 11.5 Å². The van der Waals surface area contributed by atoms with Crippen LogP contribution in [-0.2, 0) is 4.74 Å². The third-order valence-electron chi connectivity index (χ3n) is 4.19. The third kappa shape index (κ3) is 3.95. The van der Waals surface area contributed by atoms with Crippen molar-refractivity contribution in [1.82, 2.24) is 5.32 Å². The van der Waals surface area contributed by atoms with Gasteiger partial charge in [-0.15, -0.1) is 0 Å². The van der Waals surface area contributed by atoms with E-state index in [4.69, 9.17) is 9.47 Å². The molecule has 1 unspecified atom stereocenters. The van der Waals surface area contributed by atoms with Gasteiger partial charge in [0.15, 0.2) is 0 Å². The minimum absolute atomic E-state index is 0.380. The van der Waals surface area contributed by atoms with Crippen LogP contribution in [0.15, 0.2) is 24.3 Å². The fourth-order valence-electron chi connectivity index (χ4n) is 2.39. The van der Waals surface area contributed by atoms with Crippen LogP contribution in [0, 0.1) is 5.41 Å². The molecule has 1 saturated carbocycles. The number of hydrogen-bond acceptors (Lipinski definition) is 3. The van der Waals surface area contributed by atoms with Crippen molar-refractivity contribution in [1.29, 1.82) is 0 Å². The van der Waals surface area contributed by atoms with E-state index in [9.17, 15) is 0 Å². The summed E-state index contributed by atoms with van der Waals surface area (Å²) in [6.45, 7) is 4.18. The first kappa shape index (κ1) is 14.4. The molecule has 0 saturated heterocycles. The zero-order chi connectivity index (χ0) is 13.7. The zero-order valence-electron chi connectivity index (χ0n) is 12.2. The van der Waals surface area contributed by atoms with Crippen LogP contribution in [0.25, 0.3) is 0 Å². The van der Waals surface area contributed by atoms with Crippen molar-refractivity contribution in [3.63, 3.8) is 0 Å². The van der Waals surface area contributed by atoms with Gasteiger partial charge in [-0.3, -0.25) is 0 Å². The van der Waals surface area contributed by atoms with Crippen molar-refractivity contribution in [2.75, 3.05) is 27.4 Å². The molecule has 0 radical (unpaired) electrons. The molecule has 2 rings (SSSR count). The highest BCUT2D eigenvalue weighted by atomic mass is 16.5. The lowest BCUT2D eigenvalue weighted by Crippen LogP contribution is -2.27. The molecule has 1 aliphatic carbocycles. The first-order chi connectivity index (χ1) is 9.19. The van der Waals surface area contributed by atoms with E-state index < -0.39 is 0 Å². The van der Waals surface area contributed by atoms with E-state index >= 15 is 0 Å². The van der Waals surface area contributed by atoms with Gasteiger partial charge in [-0.25, -0.2) is 0 Å². The highest BCUT2D eigenvalue weighted by Crippen LogP contribution is 2.48. The number of ether oxygens (including phenoxy) is 2. The lowest BCUT2D eigenvalue weighted by atomic mass is 10.0. The molecule has 1 aliphatic rings. The Balaban J connectivity index is 1.81. The fourth-order valence-corrected chi connectivity index (χ4v) is 2.39. The number of methoxy groups -OCH3 is 2. The Morgan fingerprint density at radius 1 is 1.21 bits per heavy atom. The van der Waals surface area contributed by atoms with E-state index in [0.717, 1.165) is 18.9 Å². The first-order valence-corrected chi connectivity index (χ1v) is 7.05. The summed E-state index contributed by atoms with van der Waals surface area (Å²) in [4.78, 5) is 0. The summed E-state index contributed by atoms with van der Waals surface area (Å²) >= 11 is 0. The van der Waals surface area contributed by atoms with Gasteiger partial charge >= 0.3 is 0 Å². The molecule has 1 fully saturated rings. The molecule has 0 aromatic heterocycles. The van der Waals surface area contributed by atoms with Crippen molar-refractivity contribution in [2.45, 2.75) is 32.2 Å². The Morgan fingerprint density at radius 2 is 1.89 bits per heavy atom. The molecule has 0 spiro atoms. The number of benzene rings is 1. The Bertz CT molecular complexity index is 384. The molecule has 1 atom stereocenters. The lowest BCUT2D eigenvalue weighted by Gasteiger charge is -2.20. The first-order valence-electron chi connectivity index (χ1n) is 7.05. The maximum absolute atomic E-state index is 5.19. The zero-order valence-corrected chi connectivity index (χ0v) is 12.2. The van der Waals surface area contributed by atoms with Crippen LogP contribution < -0.4 is 10.1 Å². The summed E-state index contributed by atoms with van der Waals surface area (Å²) in [7, 11) is 3.48. The van der Waals surface area contributed by atoms with Crippen LogP contribution in [-0.4, -0.2) is 27.4 Å². The third-order valence-corrected chi connectivity index (χ3v) is 4.19. The van der Waals surface area contributed by atoms with Gasteiger partial charge in [0.05, 0.1) is 7.11 Å². The van der Waals surface area contributed by atoms with Gasteiger partial charge in [-0.05, 0) is 49.3 Å². The number of nitrogens with one attached hydrogen (secondary N) is 1. The molecule has 0 amide bonds. The molecule has 1 aromatic rings. The van der Waals surface area contributed by atoms with Crippen molar-refractivity contribution in [3.8, 4) is 5.75 Å². The van der Waals surface area contributed by atoms with Gasteiger partial charge in [0.1, 0.15) is 5.75 Å². The van der Waals surface area contributed by atoms with Gasteiger partial charge in [-0.2, -0.15) is 0 Å². The minimum Gasteiger partial charge on any atom is -0.497 e. The van der Waals surface area contributed by atoms with Gasteiger partial charge in [-0.1, -0.05) is 12.1 Å². The van der Waals surface area contributed by atoms with Crippen LogP contribution >= 0.6 is 0 Å². The smallest absolute Gasteiger partial charge is 0.118 e. The Labute approximate surface area is 116 Å². The van der Waals surface area contributed by atoms with Crippen LogP contribution in [0.2, 0.25) is 0 Å². The summed E-state index contributed by atoms with van der Waals surface area (Å²) in [5, 5.41) is 3.65. The van der Waals surface area contributed by atoms with E-state index in [2.05, 4.69) is 24.4 Å². The standard InChI is InChI=1S/C16H25NO2/c1-13(14-4-6-15(19-3)7-5-14)17-12-16(8-9-16)10-11-18-2/h4-7,13,17H,8-12H2,1-3H3. The van der Waals surface area contributed by atoms with Gasteiger partial charge in [0, 0.05) is 26.3 Å². The van der Waals surface area contributed by atoms with Crippen LogP contribution in [0.1, 0.15) is 37.8 Å². The van der Waals surface area contributed by atoms with Crippen LogP contribution in [0.4, 0.5) is 0 Å². The van der Waals surface area contributed by atoms with Crippen LogP contribution in [0.5, 0.6) is 5.75 Å². The molecular formula is C16H25NO2. The lowest BCUT2D eigenvalue weighted by molar-refractivity contribution is 0.170. The minimum atomic E-state index is 0.380. The molecule has 0 heterocycles. The van der Waals surface area contributed by atoms with Crippen molar-refractivity contribution in [3.05, 3.63) is 29.8 Å². The van der Waals surface area contributed by atoms with E-state index in [-0.39, 0.29) is 0 Å². The topological polar surface area (TPSA) is 30.5 Å². The second-order valence-corrected chi connectivity index (χ2v) is 5.62. The van der Waals surface area contributed by atoms with Gasteiger partial charge in [0.25, 0.3) is 0 Å². The van der Waals surface area contributed by atoms with E-state index in [1.807, 2.05) is 12.1 Å². The van der Waals surface area contributed by atoms with E-state index in [1.54, 1.807) is 14.2 Å². The van der Waals surface area contributed by atoms with Crippen molar-refractivity contribution >= 4 is 0 Å². The van der Waals surface area contributed by atoms with Crippen molar-refractivity contribution < 1.29 is 9.47 Å². The molecular weight excluding hydrogens is 238 g/mol. The van der Waals surface area contributed by atoms with Gasteiger partial charge in [0.2, 0.25) is 0 Å². The predicted octanol–water partition coefficient (Wildman–Crippen LogP) is 3.16. The maximum Gasteiger partial charge on any atom is 0.118 e. The molecule has 3 heteroatoms. The fraction of sp³-hybridized carbons (Fsp3) is 0.625. The maximum atomic E-state index is 5.19. The predicted molar refractivity (Wildman–Crippen MR) is 77.6 cm³/mol. The molecule has 3 nitrogen and oxygen atoms in total. The summed E-state index contributed by atoms with van der Waals surface area (Å²) in [5.41, 5.74) is 1.81. The summed E-state index contributed by atoms with van der Waals surface area (Å²) in [5.74, 6) is 0.912. The molecule has 1 N–H and O–H groups in total.